The lowest BCUT2D eigenvalue weighted by atomic mass is 10.2. The fourth-order valence-corrected chi connectivity index (χ4v) is 1.32. The first-order valence-corrected chi connectivity index (χ1v) is 5.20. The highest BCUT2D eigenvalue weighted by Crippen LogP contribution is 1.99. The van der Waals surface area contributed by atoms with E-state index in [1.807, 2.05) is 30.3 Å². The minimum Gasteiger partial charge on any atom is -0.368 e. The van der Waals surface area contributed by atoms with Crippen molar-refractivity contribution in [1.82, 2.24) is 10.6 Å². The molecule has 92 valence electrons. The molecule has 1 fully saturated rings. The summed E-state index contributed by atoms with van der Waals surface area (Å²) in [5.41, 5.74) is 6.54. The first-order valence-electron chi connectivity index (χ1n) is 5.20. The van der Waals surface area contributed by atoms with E-state index in [0.29, 0.717) is 6.54 Å². The standard InChI is InChI=1S/C11H11N5O2/c12-10(13-6-7-4-2-1-3-5-7)16-11-14-8(17)9(18)15-11/h1-5H,6H2,(H4,12,13,14,15,16,17,18). The minimum absolute atomic E-state index is 0.000637. The van der Waals surface area contributed by atoms with Gasteiger partial charge in [0.15, 0.2) is 0 Å². The highest BCUT2D eigenvalue weighted by atomic mass is 16.2. The van der Waals surface area contributed by atoms with Crippen molar-refractivity contribution in [2.75, 3.05) is 0 Å². The van der Waals surface area contributed by atoms with Crippen LogP contribution in [-0.2, 0) is 16.1 Å². The molecule has 1 aliphatic rings. The Hall–Kier alpha value is -2.70. The Morgan fingerprint density at radius 1 is 1.11 bits per heavy atom. The number of guanidine groups is 2. The summed E-state index contributed by atoms with van der Waals surface area (Å²) in [5.74, 6) is -1.54. The molecule has 2 amide bonds. The number of rotatable bonds is 2. The molecular weight excluding hydrogens is 234 g/mol. The van der Waals surface area contributed by atoms with Gasteiger partial charge in [-0.25, -0.2) is 4.99 Å². The molecule has 7 heteroatoms. The van der Waals surface area contributed by atoms with E-state index in [9.17, 15) is 9.59 Å². The monoisotopic (exact) mass is 245 g/mol. The summed E-state index contributed by atoms with van der Waals surface area (Å²) in [6.45, 7) is 0.380. The van der Waals surface area contributed by atoms with Crippen molar-refractivity contribution in [3.05, 3.63) is 35.9 Å². The Labute approximate surface area is 103 Å². The van der Waals surface area contributed by atoms with Crippen LogP contribution in [0.1, 0.15) is 5.56 Å². The van der Waals surface area contributed by atoms with Gasteiger partial charge in [-0.2, -0.15) is 4.99 Å². The van der Waals surface area contributed by atoms with Gasteiger partial charge in [0.1, 0.15) is 0 Å². The van der Waals surface area contributed by atoms with Gasteiger partial charge in [0, 0.05) is 0 Å². The van der Waals surface area contributed by atoms with Gasteiger partial charge in [0.25, 0.3) is 0 Å². The molecule has 2 rings (SSSR count). The third-order valence-corrected chi connectivity index (χ3v) is 2.16. The maximum Gasteiger partial charge on any atom is 0.316 e. The molecule has 1 heterocycles. The van der Waals surface area contributed by atoms with E-state index in [4.69, 9.17) is 5.73 Å². The fraction of sp³-hybridized carbons (Fsp3) is 0.0909. The van der Waals surface area contributed by atoms with Crippen molar-refractivity contribution in [2.24, 2.45) is 15.7 Å². The maximum atomic E-state index is 10.9. The van der Waals surface area contributed by atoms with Crippen molar-refractivity contribution in [1.29, 1.82) is 0 Å². The smallest absolute Gasteiger partial charge is 0.316 e. The van der Waals surface area contributed by atoms with Crippen LogP contribution in [0.5, 0.6) is 0 Å². The van der Waals surface area contributed by atoms with Crippen LogP contribution in [0.2, 0.25) is 0 Å². The molecular formula is C11H11N5O2. The maximum absolute atomic E-state index is 10.9. The number of hydrogen-bond donors (Lipinski definition) is 3. The summed E-state index contributed by atoms with van der Waals surface area (Å²) in [7, 11) is 0. The molecule has 1 aliphatic heterocycles. The highest BCUT2D eigenvalue weighted by Gasteiger charge is 2.25. The number of carbonyl (C=O) groups is 2. The van der Waals surface area contributed by atoms with Crippen LogP contribution in [0.4, 0.5) is 0 Å². The summed E-state index contributed by atoms with van der Waals surface area (Å²) in [5, 5.41) is 4.44. The number of nitrogens with one attached hydrogen (secondary N) is 2. The first-order chi connectivity index (χ1) is 8.65. The molecule has 0 saturated carbocycles. The quantitative estimate of drug-likeness (QED) is 0.357. The molecule has 0 spiro atoms. The Kier molecular flexibility index (Phi) is 3.33. The van der Waals surface area contributed by atoms with Crippen LogP contribution >= 0.6 is 0 Å². The van der Waals surface area contributed by atoms with E-state index in [0.717, 1.165) is 5.56 Å². The molecule has 0 radical (unpaired) electrons. The van der Waals surface area contributed by atoms with Gasteiger partial charge in [-0.05, 0) is 5.56 Å². The molecule has 1 aromatic rings. The SMILES string of the molecule is NC(=NCc1ccccc1)N=C1NC(=O)C(=O)N1. The predicted molar refractivity (Wildman–Crippen MR) is 65.5 cm³/mol. The van der Waals surface area contributed by atoms with Gasteiger partial charge in [0.2, 0.25) is 11.9 Å². The Bertz CT molecular complexity index is 518. The van der Waals surface area contributed by atoms with E-state index in [1.54, 1.807) is 0 Å². The molecule has 0 atom stereocenters. The number of amides is 2. The van der Waals surface area contributed by atoms with Crippen molar-refractivity contribution in [3.8, 4) is 0 Å². The zero-order chi connectivity index (χ0) is 13.0. The van der Waals surface area contributed by atoms with Crippen LogP contribution in [0.25, 0.3) is 0 Å². The lowest BCUT2D eigenvalue weighted by Crippen LogP contribution is -2.28. The molecule has 18 heavy (non-hydrogen) atoms. The van der Waals surface area contributed by atoms with Crippen LogP contribution in [-0.4, -0.2) is 23.7 Å². The number of benzene rings is 1. The predicted octanol–water partition coefficient (Wildman–Crippen LogP) is -0.897. The summed E-state index contributed by atoms with van der Waals surface area (Å²) >= 11 is 0. The third-order valence-electron chi connectivity index (χ3n) is 2.16. The van der Waals surface area contributed by atoms with Gasteiger partial charge in [-0.1, -0.05) is 30.3 Å². The van der Waals surface area contributed by atoms with Gasteiger partial charge < -0.3 is 5.73 Å². The zero-order valence-corrected chi connectivity index (χ0v) is 9.38. The third kappa shape index (κ3) is 2.91. The van der Waals surface area contributed by atoms with Crippen molar-refractivity contribution >= 4 is 23.7 Å². The molecule has 0 unspecified atom stereocenters. The number of carbonyl (C=O) groups excluding carboxylic acids is 2. The second-order valence-corrected chi connectivity index (χ2v) is 3.53. The van der Waals surface area contributed by atoms with Crippen LogP contribution in [0, 0.1) is 0 Å². The van der Waals surface area contributed by atoms with Crippen molar-refractivity contribution in [3.63, 3.8) is 0 Å². The normalized spacial score (nSPS) is 15.3. The first kappa shape index (κ1) is 11.8. The largest absolute Gasteiger partial charge is 0.368 e. The van der Waals surface area contributed by atoms with Gasteiger partial charge in [-0.15, -0.1) is 0 Å². The molecule has 0 aromatic heterocycles. The van der Waals surface area contributed by atoms with E-state index in [2.05, 4.69) is 20.6 Å². The average Bonchev–Trinajstić information content (AvgIpc) is 2.67. The lowest BCUT2D eigenvalue weighted by molar-refractivity contribution is -0.135. The summed E-state index contributed by atoms with van der Waals surface area (Å²) in [6.07, 6.45) is 0. The zero-order valence-electron chi connectivity index (χ0n) is 9.38. The van der Waals surface area contributed by atoms with Crippen molar-refractivity contribution < 1.29 is 9.59 Å². The minimum atomic E-state index is -0.760. The molecule has 4 N–H and O–H groups in total. The topological polar surface area (TPSA) is 109 Å². The lowest BCUT2D eigenvalue weighted by Gasteiger charge is -1.98. The highest BCUT2D eigenvalue weighted by molar-refractivity contribution is 6.45. The van der Waals surface area contributed by atoms with E-state index >= 15 is 0 Å². The number of aliphatic imine (C=N–C) groups is 2. The Morgan fingerprint density at radius 2 is 1.72 bits per heavy atom. The summed E-state index contributed by atoms with van der Waals surface area (Å²) in [6, 6.07) is 9.50. The second-order valence-electron chi connectivity index (χ2n) is 3.53. The van der Waals surface area contributed by atoms with E-state index in [-0.39, 0.29) is 11.9 Å². The van der Waals surface area contributed by atoms with Crippen LogP contribution < -0.4 is 16.4 Å². The van der Waals surface area contributed by atoms with Gasteiger partial charge >= 0.3 is 11.8 Å². The molecule has 7 nitrogen and oxygen atoms in total. The van der Waals surface area contributed by atoms with Crippen molar-refractivity contribution in [2.45, 2.75) is 6.54 Å². The number of hydrogen-bond acceptors (Lipinski definition) is 3. The van der Waals surface area contributed by atoms with Crippen LogP contribution in [0.15, 0.2) is 40.3 Å². The second kappa shape index (κ2) is 5.09. The fourth-order valence-electron chi connectivity index (χ4n) is 1.32. The molecule has 1 saturated heterocycles. The van der Waals surface area contributed by atoms with E-state index < -0.39 is 11.8 Å². The van der Waals surface area contributed by atoms with E-state index in [1.165, 1.54) is 0 Å². The Balaban J connectivity index is 2.00. The summed E-state index contributed by atoms with van der Waals surface area (Å²) < 4.78 is 0. The molecule has 0 bridgehead atoms. The van der Waals surface area contributed by atoms with Gasteiger partial charge in [-0.3, -0.25) is 20.2 Å². The summed E-state index contributed by atoms with van der Waals surface area (Å²) in [4.78, 5) is 29.5. The van der Waals surface area contributed by atoms with Crippen LogP contribution in [0.3, 0.4) is 0 Å². The molecule has 1 aromatic carbocycles. The average molecular weight is 245 g/mol. The molecule has 0 aliphatic carbocycles. The number of nitrogens with two attached hydrogens (primary N) is 1. The Morgan fingerprint density at radius 3 is 2.33 bits per heavy atom. The number of nitrogens with zero attached hydrogens (tertiary/aromatic N) is 2. The van der Waals surface area contributed by atoms with Gasteiger partial charge in [0.05, 0.1) is 6.54 Å².